The quantitative estimate of drug-likeness (QED) is 0.915. The maximum atomic E-state index is 6.12. The summed E-state index contributed by atoms with van der Waals surface area (Å²) in [5.41, 5.74) is 10.2. The topological polar surface area (TPSA) is 32.5 Å². The highest BCUT2D eigenvalue weighted by Crippen LogP contribution is 2.28. The van der Waals surface area contributed by atoms with E-state index in [4.69, 9.17) is 5.73 Å². The van der Waals surface area contributed by atoms with Gasteiger partial charge < -0.3 is 5.73 Å². The summed E-state index contributed by atoms with van der Waals surface area (Å²) >= 11 is 0. The molecule has 20 heavy (non-hydrogen) atoms. The van der Waals surface area contributed by atoms with Gasteiger partial charge in [0.25, 0.3) is 0 Å². The van der Waals surface area contributed by atoms with E-state index in [0.717, 1.165) is 19.1 Å². The first-order chi connectivity index (χ1) is 9.67. The molecular weight excluding hydrogens is 246 g/mol. The van der Waals surface area contributed by atoms with Crippen LogP contribution in [0.4, 0.5) is 0 Å². The molecule has 1 aromatic carbocycles. The minimum atomic E-state index is 0.386. The molecule has 0 amide bonds. The average Bonchev–Trinajstić information content (AvgIpc) is 2.86. The second kappa shape index (κ2) is 5.84. The van der Waals surface area contributed by atoms with Crippen molar-refractivity contribution in [3.05, 3.63) is 34.9 Å². The average molecular weight is 273 g/mol. The maximum absolute atomic E-state index is 6.12. The zero-order valence-electron chi connectivity index (χ0n) is 12.8. The summed E-state index contributed by atoms with van der Waals surface area (Å²) in [5, 5.41) is 0. The van der Waals surface area contributed by atoms with Gasteiger partial charge in [0.1, 0.15) is 0 Å². The lowest BCUT2D eigenvalue weighted by atomic mass is 9.98. The molecule has 2 unspecified atom stereocenters. The lowest BCUT2D eigenvalue weighted by Gasteiger charge is -2.41. The highest BCUT2D eigenvalue weighted by Gasteiger charge is 2.33. The van der Waals surface area contributed by atoms with Gasteiger partial charge in [0.15, 0.2) is 0 Å². The molecule has 0 bridgehead atoms. The van der Waals surface area contributed by atoms with Crippen LogP contribution in [0, 0.1) is 13.8 Å². The first kappa shape index (κ1) is 14.1. The van der Waals surface area contributed by atoms with Gasteiger partial charge in [-0.25, -0.2) is 0 Å². The number of nitrogens with zero attached hydrogens (tertiary/aromatic N) is 2. The van der Waals surface area contributed by atoms with E-state index in [1.165, 1.54) is 49.2 Å². The molecule has 110 valence electrons. The van der Waals surface area contributed by atoms with Crippen LogP contribution < -0.4 is 5.73 Å². The Balaban J connectivity index is 1.79. The Hall–Kier alpha value is -0.900. The van der Waals surface area contributed by atoms with Gasteiger partial charge in [-0.2, -0.15) is 0 Å². The van der Waals surface area contributed by atoms with E-state index in [1.807, 2.05) is 0 Å². The number of hydrogen-bond acceptors (Lipinski definition) is 3. The first-order valence-electron chi connectivity index (χ1n) is 7.94. The van der Waals surface area contributed by atoms with Crippen molar-refractivity contribution >= 4 is 0 Å². The SMILES string of the molecule is Cc1cc(C)cc(C(CN)N2CCN3CCCC3C2)c1. The van der Waals surface area contributed by atoms with Crippen LogP contribution in [0.15, 0.2) is 18.2 Å². The minimum Gasteiger partial charge on any atom is -0.329 e. The van der Waals surface area contributed by atoms with E-state index >= 15 is 0 Å². The van der Waals surface area contributed by atoms with Crippen molar-refractivity contribution < 1.29 is 0 Å². The Kier molecular flexibility index (Phi) is 4.11. The highest BCUT2D eigenvalue weighted by molar-refractivity contribution is 5.31. The summed E-state index contributed by atoms with van der Waals surface area (Å²) in [6.45, 7) is 9.94. The fourth-order valence-corrected chi connectivity index (χ4v) is 4.00. The van der Waals surface area contributed by atoms with Crippen molar-refractivity contribution in [2.24, 2.45) is 5.73 Å². The number of piperazine rings is 1. The molecule has 2 saturated heterocycles. The monoisotopic (exact) mass is 273 g/mol. The molecule has 0 spiro atoms. The predicted molar refractivity (Wildman–Crippen MR) is 83.9 cm³/mol. The van der Waals surface area contributed by atoms with Gasteiger partial charge in [0.05, 0.1) is 0 Å². The summed E-state index contributed by atoms with van der Waals surface area (Å²) in [7, 11) is 0. The van der Waals surface area contributed by atoms with E-state index < -0.39 is 0 Å². The fourth-order valence-electron chi connectivity index (χ4n) is 4.00. The largest absolute Gasteiger partial charge is 0.329 e. The van der Waals surface area contributed by atoms with E-state index in [9.17, 15) is 0 Å². The Morgan fingerprint density at radius 3 is 2.60 bits per heavy atom. The van der Waals surface area contributed by atoms with Crippen molar-refractivity contribution in [1.82, 2.24) is 9.80 Å². The third-order valence-electron chi connectivity index (χ3n) is 4.91. The molecule has 2 atom stereocenters. The molecule has 0 aromatic heterocycles. The predicted octanol–water partition coefficient (Wildman–Crippen LogP) is 2.08. The second-order valence-electron chi connectivity index (χ2n) is 6.50. The number of fused-ring (bicyclic) bond motifs is 1. The molecule has 2 heterocycles. The lowest BCUT2D eigenvalue weighted by Crippen LogP contribution is -2.52. The molecular formula is C17H27N3. The molecule has 3 heteroatoms. The first-order valence-corrected chi connectivity index (χ1v) is 7.94. The zero-order chi connectivity index (χ0) is 14.1. The molecule has 3 rings (SSSR count). The molecule has 2 aliphatic rings. The van der Waals surface area contributed by atoms with Gasteiger partial charge in [-0.1, -0.05) is 29.3 Å². The summed E-state index contributed by atoms with van der Waals surface area (Å²) in [6.07, 6.45) is 2.73. The number of nitrogens with two attached hydrogens (primary N) is 1. The Bertz CT molecular complexity index is 451. The zero-order valence-corrected chi connectivity index (χ0v) is 12.8. The maximum Gasteiger partial charge on any atom is 0.0471 e. The summed E-state index contributed by atoms with van der Waals surface area (Å²) in [6, 6.07) is 8.02. The molecule has 2 fully saturated rings. The summed E-state index contributed by atoms with van der Waals surface area (Å²) in [5.74, 6) is 0. The van der Waals surface area contributed by atoms with Crippen LogP contribution in [-0.4, -0.2) is 48.6 Å². The van der Waals surface area contributed by atoms with E-state index in [1.54, 1.807) is 0 Å². The van der Waals surface area contributed by atoms with E-state index in [2.05, 4.69) is 41.8 Å². The fraction of sp³-hybridized carbons (Fsp3) is 0.647. The number of hydrogen-bond donors (Lipinski definition) is 1. The van der Waals surface area contributed by atoms with Gasteiger partial charge >= 0.3 is 0 Å². The molecule has 0 saturated carbocycles. The van der Waals surface area contributed by atoms with Gasteiger partial charge in [-0.05, 0) is 38.8 Å². The van der Waals surface area contributed by atoms with Crippen molar-refractivity contribution in [1.29, 1.82) is 0 Å². The van der Waals surface area contributed by atoms with Crippen LogP contribution in [0.1, 0.15) is 35.6 Å². The number of benzene rings is 1. The Morgan fingerprint density at radius 1 is 1.15 bits per heavy atom. The smallest absolute Gasteiger partial charge is 0.0471 e. The van der Waals surface area contributed by atoms with Gasteiger partial charge in [-0.3, -0.25) is 9.80 Å². The third-order valence-corrected chi connectivity index (χ3v) is 4.91. The number of aryl methyl sites for hydroxylation is 2. The minimum absolute atomic E-state index is 0.386. The lowest BCUT2D eigenvalue weighted by molar-refractivity contribution is 0.0737. The van der Waals surface area contributed by atoms with E-state index in [0.29, 0.717) is 6.04 Å². The molecule has 0 aliphatic carbocycles. The van der Waals surface area contributed by atoms with Crippen LogP contribution in [0.3, 0.4) is 0 Å². The second-order valence-corrected chi connectivity index (χ2v) is 6.50. The van der Waals surface area contributed by atoms with Crippen LogP contribution in [0.25, 0.3) is 0 Å². The standard InChI is InChI=1S/C17H27N3/c1-13-8-14(2)10-15(9-13)17(11-18)20-7-6-19-5-3-4-16(19)12-20/h8-10,16-17H,3-7,11-12,18H2,1-2H3. The van der Waals surface area contributed by atoms with Crippen molar-refractivity contribution in [3.8, 4) is 0 Å². The van der Waals surface area contributed by atoms with Crippen LogP contribution in [-0.2, 0) is 0 Å². The van der Waals surface area contributed by atoms with Gasteiger partial charge in [0, 0.05) is 38.3 Å². The molecule has 2 aliphatic heterocycles. The summed E-state index contributed by atoms with van der Waals surface area (Å²) in [4.78, 5) is 5.27. The molecule has 2 N–H and O–H groups in total. The number of rotatable bonds is 3. The van der Waals surface area contributed by atoms with Crippen molar-refractivity contribution in [2.75, 3.05) is 32.7 Å². The van der Waals surface area contributed by atoms with Crippen LogP contribution >= 0.6 is 0 Å². The molecule has 3 nitrogen and oxygen atoms in total. The highest BCUT2D eigenvalue weighted by atomic mass is 15.3. The molecule has 0 radical (unpaired) electrons. The van der Waals surface area contributed by atoms with Crippen LogP contribution in [0.5, 0.6) is 0 Å². The Morgan fingerprint density at radius 2 is 1.90 bits per heavy atom. The van der Waals surface area contributed by atoms with Gasteiger partial charge in [-0.15, -0.1) is 0 Å². The third kappa shape index (κ3) is 2.76. The molecule has 1 aromatic rings. The van der Waals surface area contributed by atoms with Crippen molar-refractivity contribution in [3.63, 3.8) is 0 Å². The van der Waals surface area contributed by atoms with Crippen LogP contribution in [0.2, 0.25) is 0 Å². The Labute approximate surface area is 122 Å². The van der Waals surface area contributed by atoms with Crippen molar-refractivity contribution in [2.45, 2.75) is 38.8 Å². The van der Waals surface area contributed by atoms with Gasteiger partial charge in [0.2, 0.25) is 0 Å². The summed E-state index contributed by atoms with van der Waals surface area (Å²) < 4.78 is 0. The normalized spacial score (nSPS) is 25.6. The van der Waals surface area contributed by atoms with E-state index in [-0.39, 0.29) is 0 Å².